The Morgan fingerprint density at radius 1 is 1.10 bits per heavy atom. The molecule has 0 bridgehead atoms. The van der Waals surface area contributed by atoms with Gasteiger partial charge >= 0.3 is 0 Å². The molecule has 2 N–H and O–H groups in total. The molecule has 3 nitrogen and oxygen atoms in total. The number of phenols is 1. The second-order valence-corrected chi connectivity index (χ2v) is 6.38. The van der Waals surface area contributed by atoms with Crippen molar-refractivity contribution >= 4 is 23.2 Å². The molecule has 2 aromatic carbocycles. The van der Waals surface area contributed by atoms with E-state index in [1.54, 1.807) is 6.07 Å². The minimum atomic E-state index is -0.368. The molecule has 0 atom stereocenters. The van der Waals surface area contributed by atoms with Crippen LogP contribution in [0.25, 0.3) is 0 Å². The minimum absolute atomic E-state index is 0.0665. The van der Waals surface area contributed by atoms with Crippen LogP contribution in [0.15, 0.2) is 42.5 Å². The van der Waals surface area contributed by atoms with Crippen LogP contribution in [-0.4, -0.2) is 11.0 Å². The first-order valence-corrected chi connectivity index (χ1v) is 7.05. The maximum atomic E-state index is 12.1. The molecule has 2 aromatic rings. The quantitative estimate of drug-likeness (QED) is 0.852. The Morgan fingerprint density at radius 2 is 1.71 bits per heavy atom. The number of hydrogen-bond acceptors (Lipinski definition) is 2. The summed E-state index contributed by atoms with van der Waals surface area (Å²) in [5.41, 5.74) is 2.13. The Bertz CT molecular complexity index is 657. The van der Waals surface area contributed by atoms with Crippen LogP contribution in [-0.2, 0) is 5.41 Å². The lowest BCUT2D eigenvalue weighted by atomic mass is 9.87. The molecule has 0 saturated heterocycles. The summed E-state index contributed by atoms with van der Waals surface area (Å²) in [6.45, 7) is 6.39. The maximum Gasteiger partial charge on any atom is 0.259 e. The Balaban J connectivity index is 2.16. The first-order chi connectivity index (χ1) is 9.77. The fourth-order valence-corrected chi connectivity index (χ4v) is 2.12. The lowest BCUT2D eigenvalue weighted by Gasteiger charge is -2.19. The predicted octanol–water partition coefficient (Wildman–Crippen LogP) is 4.60. The van der Waals surface area contributed by atoms with Gasteiger partial charge in [-0.05, 0) is 41.3 Å². The van der Waals surface area contributed by atoms with Gasteiger partial charge in [0.2, 0.25) is 0 Å². The number of halogens is 1. The van der Waals surface area contributed by atoms with Gasteiger partial charge in [-0.2, -0.15) is 0 Å². The summed E-state index contributed by atoms with van der Waals surface area (Å²) in [6.07, 6.45) is 0. The van der Waals surface area contributed by atoms with Crippen molar-refractivity contribution in [1.29, 1.82) is 0 Å². The Morgan fingerprint density at radius 3 is 2.24 bits per heavy atom. The number of amides is 1. The van der Waals surface area contributed by atoms with Gasteiger partial charge in [-0.1, -0.05) is 44.5 Å². The van der Waals surface area contributed by atoms with Crippen LogP contribution in [0.2, 0.25) is 5.02 Å². The number of carbonyl (C=O) groups is 1. The monoisotopic (exact) mass is 303 g/mol. The van der Waals surface area contributed by atoms with Crippen LogP contribution < -0.4 is 5.32 Å². The molecule has 4 heteroatoms. The largest absolute Gasteiger partial charge is 0.507 e. The van der Waals surface area contributed by atoms with E-state index in [1.807, 2.05) is 24.3 Å². The third-order valence-electron chi connectivity index (χ3n) is 3.21. The highest BCUT2D eigenvalue weighted by molar-refractivity contribution is 6.30. The van der Waals surface area contributed by atoms with Gasteiger partial charge in [0.1, 0.15) is 5.75 Å². The van der Waals surface area contributed by atoms with Gasteiger partial charge in [-0.15, -0.1) is 0 Å². The maximum absolute atomic E-state index is 12.1. The summed E-state index contributed by atoms with van der Waals surface area (Å²) >= 11 is 5.75. The number of aromatic hydroxyl groups is 1. The van der Waals surface area contributed by atoms with E-state index in [0.717, 1.165) is 0 Å². The van der Waals surface area contributed by atoms with E-state index in [1.165, 1.54) is 17.7 Å². The van der Waals surface area contributed by atoms with Crippen LogP contribution >= 0.6 is 11.6 Å². The van der Waals surface area contributed by atoms with Crippen LogP contribution in [0, 0.1) is 0 Å². The smallest absolute Gasteiger partial charge is 0.259 e. The molecular weight excluding hydrogens is 286 g/mol. The molecule has 0 saturated carbocycles. The molecule has 1 amide bonds. The fourth-order valence-electron chi connectivity index (χ4n) is 1.95. The van der Waals surface area contributed by atoms with E-state index in [0.29, 0.717) is 10.7 Å². The van der Waals surface area contributed by atoms with E-state index < -0.39 is 0 Å². The van der Waals surface area contributed by atoms with E-state index in [4.69, 9.17) is 11.6 Å². The Labute approximate surface area is 129 Å². The van der Waals surface area contributed by atoms with Crippen molar-refractivity contribution < 1.29 is 9.90 Å². The number of carbonyl (C=O) groups excluding carboxylic acids is 1. The molecule has 2 rings (SSSR count). The molecular formula is C17H18ClNO2. The average molecular weight is 304 g/mol. The molecule has 0 aromatic heterocycles. The van der Waals surface area contributed by atoms with Gasteiger partial charge in [0.05, 0.1) is 5.56 Å². The van der Waals surface area contributed by atoms with Gasteiger partial charge in [0.25, 0.3) is 5.91 Å². The van der Waals surface area contributed by atoms with Crippen molar-refractivity contribution in [2.45, 2.75) is 26.2 Å². The van der Waals surface area contributed by atoms with Crippen molar-refractivity contribution in [2.24, 2.45) is 0 Å². The molecule has 0 radical (unpaired) electrons. The summed E-state index contributed by atoms with van der Waals surface area (Å²) in [5, 5.41) is 12.9. The van der Waals surface area contributed by atoms with Gasteiger partial charge in [-0.25, -0.2) is 0 Å². The topological polar surface area (TPSA) is 49.3 Å². The molecule has 0 fully saturated rings. The molecule has 110 valence electrons. The summed E-state index contributed by atoms with van der Waals surface area (Å²) in [7, 11) is 0. The molecule has 21 heavy (non-hydrogen) atoms. The van der Waals surface area contributed by atoms with E-state index >= 15 is 0 Å². The zero-order valence-corrected chi connectivity index (χ0v) is 13.0. The minimum Gasteiger partial charge on any atom is -0.507 e. The summed E-state index contributed by atoms with van der Waals surface area (Å²) in [6, 6.07) is 12.1. The van der Waals surface area contributed by atoms with Crippen LogP contribution in [0.3, 0.4) is 0 Å². The van der Waals surface area contributed by atoms with Gasteiger partial charge < -0.3 is 10.4 Å². The van der Waals surface area contributed by atoms with Crippen molar-refractivity contribution in [3.63, 3.8) is 0 Å². The molecule has 0 heterocycles. The highest BCUT2D eigenvalue weighted by atomic mass is 35.5. The average Bonchev–Trinajstić information content (AvgIpc) is 2.38. The third-order valence-corrected chi connectivity index (χ3v) is 3.45. The second kappa shape index (κ2) is 5.78. The van der Waals surface area contributed by atoms with Crippen LogP contribution in [0.1, 0.15) is 36.7 Å². The highest BCUT2D eigenvalue weighted by Gasteiger charge is 2.14. The molecule has 0 aliphatic heterocycles. The van der Waals surface area contributed by atoms with Gasteiger partial charge in [-0.3, -0.25) is 4.79 Å². The summed E-state index contributed by atoms with van der Waals surface area (Å²) in [4.78, 5) is 12.1. The van der Waals surface area contributed by atoms with E-state index in [-0.39, 0.29) is 22.6 Å². The van der Waals surface area contributed by atoms with Crippen LogP contribution in [0.4, 0.5) is 5.69 Å². The lowest BCUT2D eigenvalue weighted by Crippen LogP contribution is -2.13. The van der Waals surface area contributed by atoms with Crippen molar-refractivity contribution in [2.75, 3.05) is 5.32 Å². The van der Waals surface area contributed by atoms with Gasteiger partial charge in [0.15, 0.2) is 0 Å². The predicted molar refractivity (Wildman–Crippen MR) is 86.2 cm³/mol. The Hall–Kier alpha value is -2.00. The van der Waals surface area contributed by atoms with E-state index in [9.17, 15) is 9.90 Å². The number of hydrogen-bond donors (Lipinski definition) is 2. The first kappa shape index (κ1) is 15.4. The molecule has 0 aliphatic carbocycles. The van der Waals surface area contributed by atoms with E-state index in [2.05, 4.69) is 26.1 Å². The van der Waals surface area contributed by atoms with Crippen LogP contribution in [0.5, 0.6) is 5.75 Å². The normalized spacial score (nSPS) is 11.2. The second-order valence-electron chi connectivity index (χ2n) is 5.94. The first-order valence-electron chi connectivity index (χ1n) is 6.68. The number of benzene rings is 2. The zero-order chi connectivity index (χ0) is 15.6. The number of phenolic OH excluding ortho intramolecular Hbond substituents is 1. The molecule has 0 unspecified atom stereocenters. The van der Waals surface area contributed by atoms with Gasteiger partial charge in [0, 0.05) is 10.7 Å². The number of rotatable bonds is 2. The molecule has 0 aliphatic rings. The zero-order valence-electron chi connectivity index (χ0n) is 12.3. The number of anilines is 1. The lowest BCUT2D eigenvalue weighted by molar-refractivity contribution is 0.102. The van der Waals surface area contributed by atoms with Crippen molar-refractivity contribution in [3.8, 4) is 5.75 Å². The van der Waals surface area contributed by atoms with Crippen molar-refractivity contribution in [1.82, 2.24) is 0 Å². The summed E-state index contributed by atoms with van der Waals surface area (Å²) in [5.74, 6) is -0.501. The Kier molecular flexibility index (Phi) is 4.24. The SMILES string of the molecule is CC(C)(C)c1ccc(NC(=O)c2ccc(Cl)cc2O)cc1. The third kappa shape index (κ3) is 3.76. The van der Waals surface area contributed by atoms with Crippen molar-refractivity contribution in [3.05, 3.63) is 58.6 Å². The fraction of sp³-hybridized carbons (Fsp3) is 0.235. The summed E-state index contributed by atoms with van der Waals surface area (Å²) < 4.78 is 0. The molecule has 0 spiro atoms. The number of nitrogens with one attached hydrogen (secondary N) is 1. The standard InChI is InChI=1S/C17H18ClNO2/c1-17(2,3)11-4-7-13(8-5-11)19-16(21)14-9-6-12(18)10-15(14)20/h4-10,20H,1-3H3,(H,19,21). The highest BCUT2D eigenvalue weighted by Crippen LogP contribution is 2.25.